The number of nitrogens with zero attached hydrogens (tertiary/aromatic N) is 4. The average Bonchev–Trinajstić information content (AvgIpc) is 3.21. The van der Waals surface area contributed by atoms with Gasteiger partial charge in [0.15, 0.2) is 5.82 Å². The van der Waals surface area contributed by atoms with Gasteiger partial charge < -0.3 is 9.30 Å². The van der Waals surface area contributed by atoms with Gasteiger partial charge in [0.1, 0.15) is 5.75 Å². The summed E-state index contributed by atoms with van der Waals surface area (Å²) in [5, 5.41) is 12.9. The largest absolute Gasteiger partial charge is 0.493 e. The summed E-state index contributed by atoms with van der Waals surface area (Å²) in [5.74, 6) is 1.36. The first-order valence-corrected chi connectivity index (χ1v) is 9.08. The first-order valence-electron chi connectivity index (χ1n) is 8.67. The smallest absolute Gasteiger partial charge is 0.216 e. The van der Waals surface area contributed by atoms with Crippen LogP contribution in [-0.4, -0.2) is 32.3 Å². The van der Waals surface area contributed by atoms with E-state index in [0.29, 0.717) is 17.2 Å². The lowest BCUT2D eigenvalue weighted by Crippen LogP contribution is -1.99. The Morgan fingerprint density at radius 1 is 1.19 bits per heavy atom. The predicted octanol–water partition coefficient (Wildman–Crippen LogP) is 4.38. The zero-order chi connectivity index (χ0) is 18.8. The fraction of sp³-hybridized carbons (Fsp3) is 0.150. The molecule has 7 heteroatoms. The fourth-order valence-electron chi connectivity index (χ4n) is 3.10. The Labute approximate surface area is 161 Å². The van der Waals surface area contributed by atoms with Crippen LogP contribution >= 0.6 is 12.2 Å². The molecule has 0 radical (unpaired) electrons. The topological polar surface area (TPSA) is 60.1 Å². The van der Waals surface area contributed by atoms with Gasteiger partial charge in [-0.1, -0.05) is 30.3 Å². The normalized spacial score (nSPS) is 11.5. The van der Waals surface area contributed by atoms with Crippen molar-refractivity contribution in [3.05, 3.63) is 65.1 Å². The van der Waals surface area contributed by atoms with Crippen LogP contribution < -0.4 is 4.74 Å². The first kappa shape index (κ1) is 17.2. The van der Waals surface area contributed by atoms with Crippen LogP contribution in [0.4, 0.5) is 0 Å². The number of H-pyrrole nitrogens is 1. The highest BCUT2D eigenvalue weighted by Gasteiger charge is 2.13. The molecule has 27 heavy (non-hydrogen) atoms. The summed E-state index contributed by atoms with van der Waals surface area (Å²) in [6.07, 6.45) is 3.85. The van der Waals surface area contributed by atoms with Gasteiger partial charge in [0.05, 0.1) is 18.4 Å². The summed E-state index contributed by atoms with van der Waals surface area (Å²) in [6.45, 7) is 2.52. The molecule has 0 amide bonds. The first-order chi connectivity index (χ1) is 13.2. The van der Waals surface area contributed by atoms with Crippen molar-refractivity contribution in [3.8, 4) is 17.1 Å². The zero-order valence-electron chi connectivity index (χ0n) is 15.1. The van der Waals surface area contributed by atoms with Crippen LogP contribution in [0.25, 0.3) is 22.3 Å². The molecule has 2 aromatic heterocycles. The Kier molecular flexibility index (Phi) is 4.60. The number of aromatic nitrogens is 4. The summed E-state index contributed by atoms with van der Waals surface area (Å²) < 4.78 is 9.85. The standard InChI is InChI=1S/C20H19N5OS/c1-3-26-18-11-7-5-9-16(18)19-22-23-20(27)25(19)21-12-14-13-24(2)17-10-6-4-8-15(14)17/h4-13H,3H2,1-2H3,(H,23,27)/b21-12-. The SMILES string of the molecule is CCOc1ccccc1-c1n[nH]c(=S)n1/N=C\c1cn(C)c2ccccc12. The highest BCUT2D eigenvalue weighted by Crippen LogP contribution is 2.28. The van der Waals surface area contributed by atoms with E-state index in [1.807, 2.05) is 56.6 Å². The Bertz CT molecular complexity index is 1180. The number of para-hydroxylation sites is 2. The molecule has 2 aromatic carbocycles. The summed E-state index contributed by atoms with van der Waals surface area (Å²) in [4.78, 5) is 0. The molecule has 136 valence electrons. The second-order valence-corrected chi connectivity index (χ2v) is 6.44. The van der Waals surface area contributed by atoms with Gasteiger partial charge in [0.2, 0.25) is 4.77 Å². The van der Waals surface area contributed by atoms with Gasteiger partial charge in [0.25, 0.3) is 0 Å². The highest BCUT2D eigenvalue weighted by molar-refractivity contribution is 7.71. The van der Waals surface area contributed by atoms with Crippen LogP contribution in [0.3, 0.4) is 0 Å². The number of nitrogens with one attached hydrogen (secondary N) is 1. The lowest BCUT2D eigenvalue weighted by molar-refractivity contribution is 0.341. The van der Waals surface area contributed by atoms with Crippen LogP contribution in [-0.2, 0) is 7.05 Å². The molecule has 0 aliphatic rings. The Balaban J connectivity index is 1.79. The van der Waals surface area contributed by atoms with Gasteiger partial charge in [0, 0.05) is 29.7 Å². The van der Waals surface area contributed by atoms with E-state index in [9.17, 15) is 0 Å². The molecule has 0 saturated carbocycles. The van der Waals surface area contributed by atoms with E-state index in [1.54, 1.807) is 10.9 Å². The average molecular weight is 377 g/mol. The van der Waals surface area contributed by atoms with Crippen molar-refractivity contribution in [2.75, 3.05) is 6.61 Å². The van der Waals surface area contributed by atoms with Crippen LogP contribution in [0.15, 0.2) is 59.8 Å². The number of fused-ring (bicyclic) bond motifs is 1. The van der Waals surface area contributed by atoms with Crippen LogP contribution in [0, 0.1) is 4.77 Å². The molecular formula is C20H19N5OS. The molecule has 1 N–H and O–H groups in total. The molecule has 4 rings (SSSR count). The zero-order valence-corrected chi connectivity index (χ0v) is 15.9. The van der Waals surface area contributed by atoms with Crippen molar-refractivity contribution in [3.63, 3.8) is 0 Å². The van der Waals surface area contributed by atoms with E-state index < -0.39 is 0 Å². The lowest BCUT2D eigenvalue weighted by atomic mass is 10.2. The van der Waals surface area contributed by atoms with Gasteiger partial charge in [-0.25, -0.2) is 5.10 Å². The predicted molar refractivity (Wildman–Crippen MR) is 110 cm³/mol. The summed E-state index contributed by atoms with van der Waals surface area (Å²) in [6, 6.07) is 15.9. The molecule has 0 aliphatic carbocycles. The van der Waals surface area contributed by atoms with Crippen LogP contribution in [0.1, 0.15) is 12.5 Å². The lowest BCUT2D eigenvalue weighted by Gasteiger charge is -2.08. The molecule has 0 spiro atoms. The minimum absolute atomic E-state index is 0.424. The van der Waals surface area contributed by atoms with E-state index >= 15 is 0 Å². The van der Waals surface area contributed by atoms with Crippen molar-refractivity contribution in [1.82, 2.24) is 19.4 Å². The Morgan fingerprint density at radius 3 is 2.81 bits per heavy atom. The second-order valence-electron chi connectivity index (χ2n) is 6.05. The maximum Gasteiger partial charge on any atom is 0.216 e. The molecule has 2 heterocycles. The third-order valence-corrected chi connectivity index (χ3v) is 4.58. The molecule has 0 aliphatic heterocycles. The molecule has 0 unspecified atom stereocenters. The van der Waals surface area contributed by atoms with Gasteiger partial charge in [-0.3, -0.25) is 0 Å². The van der Waals surface area contributed by atoms with Crippen LogP contribution in [0.5, 0.6) is 5.75 Å². The van der Waals surface area contributed by atoms with E-state index in [2.05, 4.69) is 32.0 Å². The fourth-order valence-corrected chi connectivity index (χ4v) is 3.28. The number of aryl methyl sites for hydroxylation is 1. The Hall–Kier alpha value is -3.19. The maximum atomic E-state index is 5.72. The van der Waals surface area contributed by atoms with Crippen molar-refractivity contribution >= 4 is 29.3 Å². The van der Waals surface area contributed by atoms with Crippen molar-refractivity contribution in [1.29, 1.82) is 0 Å². The molecule has 0 saturated heterocycles. The molecule has 0 bridgehead atoms. The minimum Gasteiger partial charge on any atom is -0.493 e. The van der Waals surface area contributed by atoms with Crippen molar-refractivity contribution in [2.45, 2.75) is 6.92 Å². The second kappa shape index (κ2) is 7.20. The summed E-state index contributed by atoms with van der Waals surface area (Å²) >= 11 is 5.38. The quantitative estimate of drug-likeness (QED) is 0.415. The Morgan fingerprint density at radius 2 is 1.96 bits per heavy atom. The van der Waals surface area contributed by atoms with Crippen molar-refractivity contribution in [2.24, 2.45) is 12.1 Å². The molecule has 4 aromatic rings. The van der Waals surface area contributed by atoms with Crippen molar-refractivity contribution < 1.29 is 4.74 Å². The summed E-state index contributed by atoms with van der Waals surface area (Å²) in [5.41, 5.74) is 3.00. The third-order valence-electron chi connectivity index (χ3n) is 4.32. The molecular weight excluding hydrogens is 358 g/mol. The summed E-state index contributed by atoms with van der Waals surface area (Å²) in [7, 11) is 2.02. The number of benzene rings is 2. The maximum absolute atomic E-state index is 5.72. The van der Waals surface area contributed by atoms with E-state index in [0.717, 1.165) is 27.8 Å². The van der Waals surface area contributed by atoms with Gasteiger partial charge in [-0.15, -0.1) is 0 Å². The number of hydrogen-bond donors (Lipinski definition) is 1. The number of aromatic amines is 1. The van der Waals surface area contributed by atoms with Gasteiger partial charge in [-0.05, 0) is 37.3 Å². The van der Waals surface area contributed by atoms with Crippen LogP contribution in [0.2, 0.25) is 0 Å². The number of hydrogen-bond acceptors (Lipinski definition) is 4. The molecule has 0 atom stereocenters. The van der Waals surface area contributed by atoms with E-state index in [-0.39, 0.29) is 0 Å². The number of rotatable bonds is 5. The third kappa shape index (κ3) is 3.17. The highest BCUT2D eigenvalue weighted by atomic mass is 32.1. The monoisotopic (exact) mass is 377 g/mol. The molecule has 6 nitrogen and oxygen atoms in total. The van der Waals surface area contributed by atoms with Gasteiger partial charge in [-0.2, -0.15) is 14.9 Å². The van der Waals surface area contributed by atoms with E-state index in [1.165, 1.54) is 0 Å². The van der Waals surface area contributed by atoms with Gasteiger partial charge >= 0.3 is 0 Å². The minimum atomic E-state index is 0.424. The van der Waals surface area contributed by atoms with E-state index in [4.69, 9.17) is 17.0 Å². The number of ether oxygens (including phenoxy) is 1. The molecule has 0 fully saturated rings.